The highest BCUT2D eigenvalue weighted by molar-refractivity contribution is 4.67. The number of hydrogen-bond donors (Lipinski definition) is 0. The largest absolute Gasteiger partial charge is 0.348 e. The maximum absolute atomic E-state index is 5.39. The standard InChI is InChI=1S/C8H15O2/c1-3-4-5-8(2)9-6-7-10-8/h1,3-7H2,2H3. The first-order valence-electron chi connectivity index (χ1n) is 3.84. The Kier molecular flexibility index (Phi) is 2.69. The fraction of sp³-hybridized carbons (Fsp3) is 0.875. The third-order valence-corrected chi connectivity index (χ3v) is 1.78. The summed E-state index contributed by atoms with van der Waals surface area (Å²) in [7, 11) is 0. The van der Waals surface area contributed by atoms with E-state index in [1.54, 1.807) is 0 Å². The summed E-state index contributed by atoms with van der Waals surface area (Å²) in [6, 6.07) is 0. The molecule has 0 amide bonds. The van der Waals surface area contributed by atoms with E-state index in [2.05, 4.69) is 6.92 Å². The van der Waals surface area contributed by atoms with Crippen LogP contribution < -0.4 is 0 Å². The molecule has 0 aliphatic carbocycles. The molecule has 0 unspecified atom stereocenters. The molecule has 1 radical (unpaired) electrons. The summed E-state index contributed by atoms with van der Waals surface area (Å²) in [5, 5.41) is 0. The molecule has 1 rings (SSSR count). The molecular weight excluding hydrogens is 128 g/mol. The van der Waals surface area contributed by atoms with Gasteiger partial charge in [-0.3, -0.25) is 0 Å². The lowest BCUT2D eigenvalue weighted by molar-refractivity contribution is -0.147. The molecule has 0 aromatic carbocycles. The molecule has 1 heterocycles. The Hall–Kier alpha value is -0.0800. The van der Waals surface area contributed by atoms with Gasteiger partial charge in [0.1, 0.15) is 0 Å². The molecule has 1 saturated heterocycles. The predicted octanol–water partition coefficient (Wildman–Crippen LogP) is 1.75. The quantitative estimate of drug-likeness (QED) is 0.599. The van der Waals surface area contributed by atoms with Crippen LogP contribution in [-0.4, -0.2) is 19.0 Å². The van der Waals surface area contributed by atoms with Gasteiger partial charge in [0.2, 0.25) is 0 Å². The predicted molar refractivity (Wildman–Crippen MR) is 39.5 cm³/mol. The highest BCUT2D eigenvalue weighted by Gasteiger charge is 2.29. The number of hydrogen-bond acceptors (Lipinski definition) is 2. The van der Waals surface area contributed by atoms with E-state index in [0.29, 0.717) is 0 Å². The van der Waals surface area contributed by atoms with Gasteiger partial charge in [-0.2, -0.15) is 0 Å². The molecule has 0 bridgehead atoms. The SMILES string of the molecule is [CH2]CCCC1(C)OCCO1. The Balaban J connectivity index is 2.22. The average Bonchev–Trinajstić information content (AvgIpc) is 2.33. The molecule has 1 aliphatic rings. The van der Waals surface area contributed by atoms with E-state index in [4.69, 9.17) is 9.47 Å². The minimum atomic E-state index is -0.294. The molecule has 0 spiro atoms. The molecule has 2 heteroatoms. The first-order chi connectivity index (χ1) is 4.77. The Morgan fingerprint density at radius 1 is 1.40 bits per heavy atom. The Morgan fingerprint density at radius 3 is 2.50 bits per heavy atom. The first-order valence-corrected chi connectivity index (χ1v) is 3.84. The zero-order valence-corrected chi connectivity index (χ0v) is 6.56. The molecule has 0 aromatic rings. The Morgan fingerprint density at radius 2 is 2.00 bits per heavy atom. The van der Waals surface area contributed by atoms with Crippen LogP contribution in [0, 0.1) is 6.92 Å². The Labute approximate surface area is 62.5 Å². The summed E-state index contributed by atoms with van der Waals surface area (Å²) >= 11 is 0. The third kappa shape index (κ3) is 1.96. The molecule has 59 valence electrons. The highest BCUT2D eigenvalue weighted by Crippen LogP contribution is 2.24. The van der Waals surface area contributed by atoms with Crippen molar-refractivity contribution in [3.8, 4) is 0 Å². The van der Waals surface area contributed by atoms with Crippen molar-refractivity contribution in [2.24, 2.45) is 0 Å². The van der Waals surface area contributed by atoms with Gasteiger partial charge in [-0.25, -0.2) is 0 Å². The molecule has 2 nitrogen and oxygen atoms in total. The van der Waals surface area contributed by atoms with Gasteiger partial charge in [0.15, 0.2) is 5.79 Å². The molecule has 0 N–H and O–H groups in total. The van der Waals surface area contributed by atoms with Gasteiger partial charge in [-0.1, -0.05) is 13.3 Å². The van der Waals surface area contributed by atoms with Crippen LogP contribution in [-0.2, 0) is 9.47 Å². The fourth-order valence-electron chi connectivity index (χ4n) is 1.15. The van der Waals surface area contributed by atoms with E-state index < -0.39 is 0 Å². The zero-order valence-electron chi connectivity index (χ0n) is 6.56. The second-order valence-corrected chi connectivity index (χ2v) is 2.79. The molecule has 10 heavy (non-hydrogen) atoms. The van der Waals surface area contributed by atoms with Crippen LogP contribution >= 0.6 is 0 Å². The maximum Gasteiger partial charge on any atom is 0.165 e. The summed E-state index contributed by atoms with van der Waals surface area (Å²) in [6.07, 6.45) is 3.01. The fourth-order valence-corrected chi connectivity index (χ4v) is 1.15. The molecule has 1 aliphatic heterocycles. The van der Waals surface area contributed by atoms with Crippen molar-refractivity contribution in [3.05, 3.63) is 6.92 Å². The topological polar surface area (TPSA) is 18.5 Å². The molecular formula is C8H15O2. The van der Waals surface area contributed by atoms with E-state index in [1.165, 1.54) is 0 Å². The first kappa shape index (κ1) is 8.02. The van der Waals surface area contributed by atoms with Gasteiger partial charge in [-0.05, 0) is 13.3 Å². The van der Waals surface area contributed by atoms with Crippen molar-refractivity contribution in [2.45, 2.75) is 32.0 Å². The summed E-state index contributed by atoms with van der Waals surface area (Å²) in [5.74, 6) is -0.294. The second-order valence-electron chi connectivity index (χ2n) is 2.79. The molecule has 0 aromatic heterocycles. The summed E-state index contributed by atoms with van der Waals surface area (Å²) in [4.78, 5) is 0. The van der Waals surface area contributed by atoms with Crippen LogP contribution in [0.3, 0.4) is 0 Å². The van der Waals surface area contributed by atoms with Crippen LogP contribution in [0.2, 0.25) is 0 Å². The van der Waals surface area contributed by atoms with Gasteiger partial charge < -0.3 is 9.47 Å². The summed E-state index contributed by atoms with van der Waals surface area (Å²) in [5.41, 5.74) is 0. The van der Waals surface area contributed by atoms with Crippen LogP contribution in [0.4, 0.5) is 0 Å². The van der Waals surface area contributed by atoms with Gasteiger partial charge in [0, 0.05) is 6.42 Å². The molecule has 0 atom stereocenters. The van der Waals surface area contributed by atoms with Gasteiger partial charge in [0.25, 0.3) is 0 Å². The van der Waals surface area contributed by atoms with Crippen molar-refractivity contribution < 1.29 is 9.47 Å². The van der Waals surface area contributed by atoms with Crippen molar-refractivity contribution in [3.63, 3.8) is 0 Å². The second kappa shape index (κ2) is 3.35. The number of unbranched alkanes of at least 4 members (excludes halogenated alkanes) is 1. The van der Waals surface area contributed by atoms with Crippen molar-refractivity contribution >= 4 is 0 Å². The third-order valence-electron chi connectivity index (χ3n) is 1.78. The minimum Gasteiger partial charge on any atom is -0.348 e. The van der Waals surface area contributed by atoms with Crippen molar-refractivity contribution in [1.29, 1.82) is 0 Å². The summed E-state index contributed by atoms with van der Waals surface area (Å²) in [6.45, 7) is 7.25. The van der Waals surface area contributed by atoms with E-state index in [9.17, 15) is 0 Å². The average molecular weight is 143 g/mol. The van der Waals surface area contributed by atoms with Gasteiger partial charge in [0.05, 0.1) is 13.2 Å². The smallest absolute Gasteiger partial charge is 0.165 e. The lowest BCUT2D eigenvalue weighted by atomic mass is 10.1. The lowest BCUT2D eigenvalue weighted by Gasteiger charge is -2.21. The monoisotopic (exact) mass is 143 g/mol. The van der Waals surface area contributed by atoms with Crippen LogP contribution in [0.1, 0.15) is 26.2 Å². The molecule has 0 saturated carbocycles. The van der Waals surface area contributed by atoms with Crippen molar-refractivity contribution in [1.82, 2.24) is 0 Å². The zero-order chi connectivity index (χ0) is 7.45. The number of rotatable bonds is 3. The van der Waals surface area contributed by atoms with Crippen LogP contribution in [0.25, 0.3) is 0 Å². The summed E-state index contributed by atoms with van der Waals surface area (Å²) < 4.78 is 10.8. The van der Waals surface area contributed by atoms with E-state index in [0.717, 1.165) is 32.5 Å². The van der Waals surface area contributed by atoms with Gasteiger partial charge in [-0.15, -0.1) is 0 Å². The molecule has 1 fully saturated rings. The van der Waals surface area contributed by atoms with Crippen molar-refractivity contribution in [2.75, 3.05) is 13.2 Å². The van der Waals surface area contributed by atoms with E-state index >= 15 is 0 Å². The van der Waals surface area contributed by atoms with E-state index in [1.807, 2.05) is 6.92 Å². The number of ether oxygens (including phenoxy) is 2. The Bertz CT molecular complexity index is 95.4. The van der Waals surface area contributed by atoms with Crippen LogP contribution in [0.15, 0.2) is 0 Å². The van der Waals surface area contributed by atoms with E-state index in [-0.39, 0.29) is 5.79 Å². The highest BCUT2D eigenvalue weighted by atomic mass is 16.7. The lowest BCUT2D eigenvalue weighted by Crippen LogP contribution is -2.24. The normalized spacial score (nSPS) is 23.4. The minimum absolute atomic E-state index is 0.294. The van der Waals surface area contributed by atoms with Gasteiger partial charge >= 0.3 is 0 Å². The maximum atomic E-state index is 5.39. The van der Waals surface area contributed by atoms with Crippen LogP contribution in [0.5, 0.6) is 0 Å².